The summed E-state index contributed by atoms with van der Waals surface area (Å²) in [7, 11) is 1.76. The molecule has 1 unspecified atom stereocenters. The average Bonchev–Trinajstić information content (AvgIpc) is 2.94. The molecule has 1 aromatic rings. The van der Waals surface area contributed by atoms with Gasteiger partial charge in [-0.15, -0.1) is 0 Å². The van der Waals surface area contributed by atoms with Crippen LogP contribution in [0.3, 0.4) is 0 Å². The zero-order chi connectivity index (χ0) is 12.3. The molecule has 5 heteroatoms. The molecule has 0 aromatic carbocycles. The molecule has 1 aliphatic heterocycles. The van der Waals surface area contributed by atoms with E-state index in [0.29, 0.717) is 6.10 Å². The van der Waals surface area contributed by atoms with Gasteiger partial charge in [0.25, 0.3) is 0 Å². The first-order chi connectivity index (χ1) is 8.28. The van der Waals surface area contributed by atoms with Gasteiger partial charge in [-0.1, -0.05) is 24.7 Å². The highest BCUT2D eigenvalue weighted by molar-refractivity contribution is 7.15. The van der Waals surface area contributed by atoms with Gasteiger partial charge in [-0.2, -0.15) is 0 Å². The summed E-state index contributed by atoms with van der Waals surface area (Å²) >= 11 is 1.62. The van der Waals surface area contributed by atoms with E-state index in [-0.39, 0.29) is 6.61 Å². The summed E-state index contributed by atoms with van der Waals surface area (Å²) in [5.41, 5.74) is 1.07. The molecule has 0 spiro atoms. The molecule has 0 bridgehead atoms. The number of hydrogen-bond acceptors (Lipinski definition) is 5. The molecule has 2 heterocycles. The highest BCUT2D eigenvalue weighted by Crippen LogP contribution is 2.30. The van der Waals surface area contributed by atoms with Crippen molar-refractivity contribution in [2.45, 2.75) is 38.9 Å². The van der Waals surface area contributed by atoms with Gasteiger partial charge < -0.3 is 14.7 Å². The number of anilines is 1. The summed E-state index contributed by atoms with van der Waals surface area (Å²) in [5, 5.41) is 10.4. The number of rotatable bonds is 5. The largest absolute Gasteiger partial charge is 0.391 e. The van der Waals surface area contributed by atoms with Crippen LogP contribution in [0.4, 0.5) is 5.13 Å². The van der Waals surface area contributed by atoms with Gasteiger partial charge in [0, 0.05) is 20.2 Å². The molecule has 1 saturated heterocycles. The summed E-state index contributed by atoms with van der Waals surface area (Å²) in [6.45, 7) is 4.16. The molecule has 1 aromatic heterocycles. The maximum atomic E-state index is 9.33. The Morgan fingerprint density at radius 2 is 2.41 bits per heavy atom. The van der Waals surface area contributed by atoms with Crippen molar-refractivity contribution in [1.29, 1.82) is 0 Å². The van der Waals surface area contributed by atoms with Crippen LogP contribution in [-0.4, -0.2) is 36.4 Å². The second-order valence-electron chi connectivity index (χ2n) is 4.37. The Morgan fingerprint density at radius 3 is 3.00 bits per heavy atom. The first-order valence-electron chi connectivity index (χ1n) is 6.15. The fraction of sp³-hybridized carbons (Fsp3) is 0.750. The minimum atomic E-state index is 0.106. The first-order valence-corrected chi connectivity index (χ1v) is 6.97. The molecule has 1 aliphatic rings. The Balaban J connectivity index is 2.11. The number of nitrogens with zero attached hydrogens (tertiary/aromatic N) is 2. The fourth-order valence-corrected chi connectivity index (χ4v) is 3.16. The van der Waals surface area contributed by atoms with Crippen LogP contribution < -0.4 is 4.90 Å². The van der Waals surface area contributed by atoms with Gasteiger partial charge in [0.2, 0.25) is 0 Å². The Labute approximate surface area is 106 Å². The van der Waals surface area contributed by atoms with Crippen molar-refractivity contribution < 1.29 is 9.84 Å². The van der Waals surface area contributed by atoms with E-state index in [1.54, 1.807) is 18.4 Å². The van der Waals surface area contributed by atoms with Crippen LogP contribution in [-0.2, 0) is 17.8 Å². The molecule has 96 valence electrons. The molecule has 1 fully saturated rings. The summed E-state index contributed by atoms with van der Waals surface area (Å²) in [4.78, 5) is 7.93. The molecular weight excluding hydrogens is 236 g/mol. The first kappa shape index (κ1) is 12.8. The third-order valence-corrected chi connectivity index (χ3v) is 4.29. The highest BCUT2D eigenvalue weighted by Gasteiger charge is 2.25. The van der Waals surface area contributed by atoms with Crippen LogP contribution in [0, 0.1) is 0 Å². The zero-order valence-electron chi connectivity index (χ0n) is 10.5. The van der Waals surface area contributed by atoms with E-state index in [9.17, 15) is 5.11 Å². The van der Waals surface area contributed by atoms with Crippen molar-refractivity contribution in [2.24, 2.45) is 0 Å². The number of aliphatic hydroxyl groups excluding tert-OH is 1. The number of aromatic nitrogens is 1. The van der Waals surface area contributed by atoms with E-state index in [2.05, 4.69) is 16.8 Å². The summed E-state index contributed by atoms with van der Waals surface area (Å²) in [6, 6.07) is 0. The monoisotopic (exact) mass is 256 g/mol. The van der Waals surface area contributed by atoms with Gasteiger partial charge in [0.15, 0.2) is 5.13 Å². The van der Waals surface area contributed by atoms with Crippen LogP contribution in [0.2, 0.25) is 0 Å². The Morgan fingerprint density at radius 1 is 1.59 bits per heavy atom. The molecule has 0 saturated carbocycles. The van der Waals surface area contributed by atoms with E-state index in [1.165, 1.54) is 0 Å². The molecule has 0 radical (unpaired) electrons. The van der Waals surface area contributed by atoms with Gasteiger partial charge in [-0.05, 0) is 12.8 Å². The smallest absolute Gasteiger partial charge is 0.185 e. The number of aliphatic hydroxyl groups is 1. The number of hydrogen-bond donors (Lipinski definition) is 1. The van der Waals surface area contributed by atoms with Crippen molar-refractivity contribution in [3.8, 4) is 0 Å². The second kappa shape index (κ2) is 5.80. The third-order valence-electron chi connectivity index (χ3n) is 3.15. The third kappa shape index (κ3) is 2.78. The van der Waals surface area contributed by atoms with Crippen LogP contribution in [0.15, 0.2) is 0 Å². The van der Waals surface area contributed by atoms with Crippen LogP contribution in [0.1, 0.15) is 30.3 Å². The Hall–Kier alpha value is -0.650. The molecular formula is C12H20N2O2S. The summed E-state index contributed by atoms with van der Waals surface area (Å²) in [5.74, 6) is 0. The Kier molecular flexibility index (Phi) is 4.36. The second-order valence-corrected chi connectivity index (χ2v) is 5.43. The topological polar surface area (TPSA) is 45.6 Å². The number of aryl methyl sites for hydroxylation is 1. The van der Waals surface area contributed by atoms with Crippen LogP contribution in [0.5, 0.6) is 0 Å². The summed E-state index contributed by atoms with van der Waals surface area (Å²) in [6.07, 6.45) is 3.41. The summed E-state index contributed by atoms with van der Waals surface area (Å²) < 4.78 is 5.36. The van der Waals surface area contributed by atoms with Crippen molar-refractivity contribution in [3.05, 3.63) is 10.6 Å². The molecule has 0 aliphatic carbocycles. The van der Waals surface area contributed by atoms with Crippen LogP contribution >= 0.6 is 11.3 Å². The van der Waals surface area contributed by atoms with Crippen molar-refractivity contribution >= 4 is 16.5 Å². The van der Waals surface area contributed by atoms with Gasteiger partial charge in [0.1, 0.15) is 0 Å². The van der Waals surface area contributed by atoms with Gasteiger partial charge in [-0.25, -0.2) is 4.98 Å². The zero-order valence-corrected chi connectivity index (χ0v) is 11.3. The molecule has 0 amide bonds. The molecule has 1 atom stereocenters. The Bertz CT molecular complexity index is 367. The van der Waals surface area contributed by atoms with Gasteiger partial charge in [0.05, 0.1) is 23.3 Å². The van der Waals surface area contributed by atoms with Gasteiger partial charge in [-0.3, -0.25) is 0 Å². The highest BCUT2D eigenvalue weighted by atomic mass is 32.1. The molecule has 1 N–H and O–H groups in total. The van der Waals surface area contributed by atoms with E-state index >= 15 is 0 Å². The van der Waals surface area contributed by atoms with Crippen molar-refractivity contribution in [2.75, 3.05) is 25.1 Å². The fourth-order valence-electron chi connectivity index (χ4n) is 2.15. The van der Waals surface area contributed by atoms with E-state index in [0.717, 1.165) is 48.1 Å². The lowest BCUT2D eigenvalue weighted by Crippen LogP contribution is -2.21. The van der Waals surface area contributed by atoms with Crippen molar-refractivity contribution in [1.82, 2.24) is 4.98 Å². The lowest BCUT2D eigenvalue weighted by molar-refractivity contribution is 0.121. The maximum Gasteiger partial charge on any atom is 0.185 e. The normalized spacial score (nSPS) is 20.2. The van der Waals surface area contributed by atoms with Crippen LogP contribution in [0.25, 0.3) is 0 Å². The molecule has 2 rings (SSSR count). The molecule has 17 heavy (non-hydrogen) atoms. The van der Waals surface area contributed by atoms with Gasteiger partial charge >= 0.3 is 0 Å². The SMILES string of the molecule is CCCc1nc(N2CCC(OC)C2)sc1CO. The predicted molar refractivity (Wildman–Crippen MR) is 69.7 cm³/mol. The average molecular weight is 256 g/mol. The van der Waals surface area contributed by atoms with E-state index in [4.69, 9.17) is 4.74 Å². The lowest BCUT2D eigenvalue weighted by atomic mass is 10.2. The number of ether oxygens (including phenoxy) is 1. The minimum Gasteiger partial charge on any atom is -0.391 e. The quantitative estimate of drug-likeness (QED) is 0.873. The number of thiazole rings is 1. The predicted octanol–water partition coefficient (Wildman–Crippen LogP) is 1.81. The minimum absolute atomic E-state index is 0.106. The number of methoxy groups -OCH3 is 1. The van der Waals surface area contributed by atoms with E-state index in [1.807, 2.05) is 0 Å². The standard InChI is InChI=1S/C12H20N2O2S/c1-3-4-10-11(8-15)17-12(13-10)14-6-5-9(7-14)16-2/h9,15H,3-8H2,1-2H3. The maximum absolute atomic E-state index is 9.33. The lowest BCUT2D eigenvalue weighted by Gasteiger charge is -2.13. The van der Waals surface area contributed by atoms with Crippen molar-refractivity contribution in [3.63, 3.8) is 0 Å². The molecule has 4 nitrogen and oxygen atoms in total. The van der Waals surface area contributed by atoms with E-state index < -0.39 is 0 Å².